The first-order chi connectivity index (χ1) is 9.92. The van der Waals surface area contributed by atoms with Crippen LogP contribution in [0.1, 0.15) is 5.56 Å². The Bertz CT molecular complexity index is 502. The summed E-state index contributed by atoms with van der Waals surface area (Å²) in [5.41, 5.74) is 1.54. The molecule has 1 aromatic carbocycles. The van der Waals surface area contributed by atoms with Crippen LogP contribution in [0.5, 0.6) is 5.75 Å². The summed E-state index contributed by atoms with van der Waals surface area (Å²) < 4.78 is 9.92. The molecular formula is C14H20N2O5. The summed E-state index contributed by atoms with van der Waals surface area (Å²) in [5, 5.41) is 11.1. The maximum Gasteiger partial charge on any atom is 0.329 e. The number of carbonyl (C=O) groups excluding carboxylic acids is 1. The van der Waals surface area contributed by atoms with Crippen molar-refractivity contribution in [2.24, 2.45) is 0 Å². The van der Waals surface area contributed by atoms with Crippen molar-refractivity contribution in [2.75, 3.05) is 39.7 Å². The molecule has 0 unspecified atom stereocenters. The molecule has 0 heterocycles. The van der Waals surface area contributed by atoms with Gasteiger partial charge in [0.1, 0.15) is 19.0 Å². The Labute approximate surface area is 123 Å². The zero-order valence-corrected chi connectivity index (χ0v) is 12.4. The van der Waals surface area contributed by atoms with Gasteiger partial charge in [-0.15, -0.1) is 0 Å². The van der Waals surface area contributed by atoms with Gasteiger partial charge in [-0.05, 0) is 31.8 Å². The number of carboxylic acid groups (broad SMARTS) is 1. The van der Waals surface area contributed by atoms with Crippen LogP contribution in [-0.2, 0) is 20.9 Å². The number of amides is 1. The molecule has 0 atom stereocenters. The first-order valence-corrected chi connectivity index (χ1v) is 6.33. The number of nitrogens with one attached hydrogen (secondary N) is 1. The first kappa shape index (κ1) is 16.9. The monoisotopic (exact) mass is 296 g/mol. The summed E-state index contributed by atoms with van der Waals surface area (Å²) in [4.78, 5) is 24.0. The van der Waals surface area contributed by atoms with Crippen LogP contribution in [0.2, 0.25) is 0 Å². The summed E-state index contributed by atoms with van der Waals surface area (Å²) in [7, 11) is 5.40. The largest absolute Gasteiger partial charge is 0.495 e. The summed E-state index contributed by atoms with van der Waals surface area (Å²) in [5.74, 6) is -1.02. The predicted molar refractivity (Wildman–Crippen MR) is 77.5 cm³/mol. The van der Waals surface area contributed by atoms with Gasteiger partial charge in [0.2, 0.25) is 5.91 Å². The number of anilines is 1. The lowest BCUT2D eigenvalue weighted by Crippen LogP contribution is -2.21. The zero-order valence-electron chi connectivity index (χ0n) is 12.4. The van der Waals surface area contributed by atoms with Crippen molar-refractivity contribution in [3.63, 3.8) is 0 Å². The number of benzene rings is 1. The maximum atomic E-state index is 11.7. The number of nitrogens with zero attached hydrogens (tertiary/aromatic N) is 1. The quantitative estimate of drug-likeness (QED) is 0.737. The highest BCUT2D eigenvalue weighted by molar-refractivity contribution is 5.93. The molecule has 2 N–H and O–H groups in total. The van der Waals surface area contributed by atoms with Crippen LogP contribution in [-0.4, -0.2) is 56.3 Å². The number of rotatable bonds is 8. The van der Waals surface area contributed by atoms with Crippen LogP contribution in [0, 0.1) is 0 Å². The summed E-state index contributed by atoms with van der Waals surface area (Å²) in [6.45, 7) is -0.110. The van der Waals surface area contributed by atoms with Gasteiger partial charge in [-0.3, -0.25) is 4.79 Å². The van der Waals surface area contributed by atoms with Crippen LogP contribution >= 0.6 is 0 Å². The van der Waals surface area contributed by atoms with Crippen molar-refractivity contribution in [3.8, 4) is 5.75 Å². The van der Waals surface area contributed by atoms with Crippen LogP contribution in [0.15, 0.2) is 18.2 Å². The van der Waals surface area contributed by atoms with Crippen molar-refractivity contribution in [1.29, 1.82) is 0 Å². The van der Waals surface area contributed by atoms with Crippen LogP contribution in [0.3, 0.4) is 0 Å². The summed E-state index contributed by atoms with van der Waals surface area (Å²) in [6, 6.07) is 5.50. The van der Waals surface area contributed by atoms with E-state index >= 15 is 0 Å². The minimum Gasteiger partial charge on any atom is -0.495 e. The Morgan fingerprint density at radius 1 is 1.29 bits per heavy atom. The molecule has 0 aliphatic carbocycles. The third-order valence-electron chi connectivity index (χ3n) is 2.50. The van der Waals surface area contributed by atoms with Gasteiger partial charge in [0.25, 0.3) is 0 Å². The van der Waals surface area contributed by atoms with Crippen molar-refractivity contribution >= 4 is 17.6 Å². The fraction of sp³-hybridized carbons (Fsp3) is 0.429. The Morgan fingerprint density at radius 3 is 2.57 bits per heavy atom. The molecule has 0 fully saturated rings. The Morgan fingerprint density at radius 2 is 2.00 bits per heavy atom. The molecule has 0 saturated heterocycles. The van der Waals surface area contributed by atoms with Gasteiger partial charge in [0.15, 0.2) is 0 Å². The van der Waals surface area contributed by atoms with Crippen LogP contribution in [0.4, 0.5) is 5.69 Å². The van der Waals surface area contributed by atoms with E-state index in [1.165, 1.54) is 7.11 Å². The van der Waals surface area contributed by atoms with Crippen molar-refractivity contribution in [2.45, 2.75) is 6.54 Å². The van der Waals surface area contributed by atoms with Crippen molar-refractivity contribution in [3.05, 3.63) is 23.8 Å². The van der Waals surface area contributed by atoms with Gasteiger partial charge in [-0.1, -0.05) is 6.07 Å². The number of ether oxygens (including phenoxy) is 2. The molecule has 1 aromatic rings. The lowest BCUT2D eigenvalue weighted by molar-refractivity contribution is -0.143. The van der Waals surface area contributed by atoms with E-state index in [2.05, 4.69) is 5.32 Å². The smallest absolute Gasteiger partial charge is 0.329 e. The molecule has 0 radical (unpaired) electrons. The van der Waals surface area contributed by atoms with Crippen molar-refractivity contribution in [1.82, 2.24) is 4.90 Å². The van der Waals surface area contributed by atoms with Gasteiger partial charge < -0.3 is 24.8 Å². The fourth-order valence-corrected chi connectivity index (χ4v) is 1.73. The molecule has 7 nitrogen and oxygen atoms in total. The molecule has 116 valence electrons. The molecular weight excluding hydrogens is 276 g/mol. The van der Waals surface area contributed by atoms with E-state index < -0.39 is 18.5 Å². The molecule has 0 bridgehead atoms. The number of carboxylic acids is 1. The van der Waals surface area contributed by atoms with Crippen molar-refractivity contribution < 1.29 is 24.2 Å². The second kappa shape index (κ2) is 8.23. The molecule has 7 heteroatoms. The molecule has 0 aliphatic heterocycles. The fourth-order valence-electron chi connectivity index (χ4n) is 1.73. The normalized spacial score (nSPS) is 10.5. The van der Waals surface area contributed by atoms with Gasteiger partial charge >= 0.3 is 5.97 Å². The molecule has 1 rings (SSSR count). The SMILES string of the molecule is COc1ccc(CN(C)C)cc1NC(=O)COCC(=O)O. The average molecular weight is 296 g/mol. The van der Waals surface area contributed by atoms with Crippen LogP contribution < -0.4 is 10.1 Å². The van der Waals surface area contributed by atoms with Gasteiger partial charge in [-0.2, -0.15) is 0 Å². The molecule has 21 heavy (non-hydrogen) atoms. The second-order valence-corrected chi connectivity index (χ2v) is 4.71. The lowest BCUT2D eigenvalue weighted by Gasteiger charge is -2.14. The number of hydrogen-bond donors (Lipinski definition) is 2. The molecule has 0 aliphatic rings. The van der Waals surface area contributed by atoms with E-state index in [-0.39, 0.29) is 6.61 Å². The Hall–Kier alpha value is -2.12. The highest BCUT2D eigenvalue weighted by atomic mass is 16.5. The summed E-state index contributed by atoms with van der Waals surface area (Å²) >= 11 is 0. The first-order valence-electron chi connectivity index (χ1n) is 6.33. The number of carbonyl (C=O) groups is 2. The van der Waals surface area contributed by atoms with Gasteiger partial charge in [-0.25, -0.2) is 4.79 Å². The van der Waals surface area contributed by atoms with E-state index in [1.54, 1.807) is 6.07 Å². The lowest BCUT2D eigenvalue weighted by atomic mass is 10.1. The molecule has 0 aromatic heterocycles. The topological polar surface area (TPSA) is 88.1 Å². The average Bonchev–Trinajstić information content (AvgIpc) is 2.37. The minimum atomic E-state index is -1.12. The van der Waals surface area contributed by atoms with E-state index in [1.807, 2.05) is 31.1 Å². The van der Waals surface area contributed by atoms with E-state index in [4.69, 9.17) is 14.6 Å². The third-order valence-corrected chi connectivity index (χ3v) is 2.50. The van der Waals surface area contributed by atoms with Gasteiger partial charge in [0, 0.05) is 6.54 Å². The summed E-state index contributed by atoms with van der Waals surface area (Å²) in [6.07, 6.45) is 0. The number of methoxy groups -OCH3 is 1. The maximum absolute atomic E-state index is 11.7. The van der Waals surface area contributed by atoms with E-state index in [9.17, 15) is 9.59 Å². The standard InChI is InChI=1S/C14H20N2O5/c1-16(2)7-10-4-5-12(20-3)11(6-10)15-13(17)8-21-9-14(18)19/h4-6H,7-9H2,1-3H3,(H,15,17)(H,18,19). The Balaban J connectivity index is 2.70. The Kier molecular flexibility index (Phi) is 6.64. The predicted octanol–water partition coefficient (Wildman–Crippen LogP) is 0.796. The van der Waals surface area contributed by atoms with Crippen LogP contribution in [0.25, 0.3) is 0 Å². The minimum absolute atomic E-state index is 0.326. The third kappa shape index (κ3) is 6.24. The highest BCUT2D eigenvalue weighted by Crippen LogP contribution is 2.25. The van der Waals surface area contributed by atoms with Gasteiger partial charge in [0.05, 0.1) is 12.8 Å². The molecule has 0 spiro atoms. The number of hydrogen-bond acceptors (Lipinski definition) is 5. The van der Waals surface area contributed by atoms with E-state index in [0.717, 1.165) is 12.1 Å². The highest BCUT2D eigenvalue weighted by Gasteiger charge is 2.10. The second-order valence-electron chi connectivity index (χ2n) is 4.71. The molecule has 0 saturated carbocycles. The number of aliphatic carboxylic acids is 1. The zero-order chi connectivity index (χ0) is 15.8. The molecule has 1 amide bonds. The van der Waals surface area contributed by atoms with E-state index in [0.29, 0.717) is 11.4 Å².